The van der Waals surface area contributed by atoms with Gasteiger partial charge in [-0.25, -0.2) is 8.78 Å². The molecule has 0 amide bonds. The third-order valence-corrected chi connectivity index (χ3v) is 4.03. The lowest BCUT2D eigenvalue weighted by atomic mass is 9.95. The van der Waals surface area contributed by atoms with Gasteiger partial charge in [0, 0.05) is 24.3 Å². The molecular formula is C18H18F4N2O. The summed E-state index contributed by atoms with van der Waals surface area (Å²) in [6, 6.07) is 10.7. The molecule has 25 heavy (non-hydrogen) atoms. The van der Waals surface area contributed by atoms with E-state index in [2.05, 4.69) is 5.18 Å². The second kappa shape index (κ2) is 7.63. The average molecular weight is 354 g/mol. The van der Waals surface area contributed by atoms with E-state index in [1.54, 1.807) is 35.2 Å². The summed E-state index contributed by atoms with van der Waals surface area (Å²) in [7, 11) is 0. The molecule has 0 heterocycles. The number of halogens is 4. The monoisotopic (exact) mass is 354 g/mol. The van der Waals surface area contributed by atoms with E-state index in [-0.39, 0.29) is 5.56 Å². The zero-order valence-corrected chi connectivity index (χ0v) is 13.8. The summed E-state index contributed by atoms with van der Waals surface area (Å²) in [5.41, 5.74) is -0.813. The molecule has 0 aliphatic heterocycles. The van der Waals surface area contributed by atoms with Crippen LogP contribution in [0.2, 0.25) is 0 Å². The fourth-order valence-corrected chi connectivity index (χ4v) is 2.70. The Balaban J connectivity index is 2.82. The van der Waals surface area contributed by atoms with E-state index < -0.39 is 23.6 Å². The van der Waals surface area contributed by atoms with E-state index in [9.17, 15) is 22.5 Å². The Hall–Kier alpha value is -2.44. The Kier molecular flexibility index (Phi) is 5.77. The van der Waals surface area contributed by atoms with Crippen LogP contribution in [0.5, 0.6) is 0 Å². The highest BCUT2D eigenvalue weighted by Crippen LogP contribution is 2.46. The van der Waals surface area contributed by atoms with Crippen LogP contribution in [0.25, 0.3) is 11.1 Å². The Labute approximate surface area is 143 Å². The number of benzene rings is 2. The predicted octanol–water partition coefficient (Wildman–Crippen LogP) is 5.95. The maximum Gasteiger partial charge on any atom is 0.334 e. The summed E-state index contributed by atoms with van der Waals surface area (Å²) in [5, 5.41) is 2.67. The van der Waals surface area contributed by atoms with Crippen LogP contribution in [0.15, 0.2) is 47.6 Å². The van der Waals surface area contributed by atoms with Crippen molar-refractivity contribution in [3.05, 3.63) is 52.9 Å². The van der Waals surface area contributed by atoms with Crippen molar-refractivity contribution in [3.63, 3.8) is 0 Å². The van der Waals surface area contributed by atoms with Crippen LogP contribution in [-0.2, 0) is 5.92 Å². The molecule has 0 saturated heterocycles. The second-order valence-corrected chi connectivity index (χ2v) is 5.44. The highest BCUT2D eigenvalue weighted by molar-refractivity contribution is 5.82. The van der Waals surface area contributed by atoms with E-state index in [0.717, 1.165) is 6.07 Å². The summed E-state index contributed by atoms with van der Waals surface area (Å²) in [4.78, 5) is 13.0. The van der Waals surface area contributed by atoms with Gasteiger partial charge in [-0.1, -0.05) is 30.3 Å². The number of nitroso groups, excluding NO2 is 1. The van der Waals surface area contributed by atoms with Crippen LogP contribution in [0.3, 0.4) is 0 Å². The molecular weight excluding hydrogens is 336 g/mol. The molecule has 3 nitrogen and oxygen atoms in total. The Morgan fingerprint density at radius 3 is 2.16 bits per heavy atom. The molecule has 7 heteroatoms. The van der Waals surface area contributed by atoms with Crippen LogP contribution in [0, 0.1) is 4.91 Å². The molecule has 0 aliphatic carbocycles. The molecule has 0 fully saturated rings. The molecule has 0 spiro atoms. The SMILES string of the molecule is CCN(CC)c1cc(-c2ccccc2)c(N=O)c(C(F)(F)C(F)F)c1. The van der Waals surface area contributed by atoms with Gasteiger partial charge in [-0.2, -0.15) is 8.78 Å². The third kappa shape index (κ3) is 3.65. The lowest BCUT2D eigenvalue weighted by Crippen LogP contribution is -2.26. The van der Waals surface area contributed by atoms with Gasteiger partial charge in [-0.3, -0.25) is 0 Å². The second-order valence-electron chi connectivity index (χ2n) is 5.44. The van der Waals surface area contributed by atoms with Crippen molar-refractivity contribution in [2.24, 2.45) is 5.18 Å². The first-order chi connectivity index (χ1) is 11.9. The van der Waals surface area contributed by atoms with Crippen LogP contribution in [0.4, 0.5) is 28.9 Å². The minimum atomic E-state index is -4.48. The van der Waals surface area contributed by atoms with Gasteiger partial charge in [0.25, 0.3) is 0 Å². The molecule has 0 atom stereocenters. The highest BCUT2D eigenvalue weighted by atomic mass is 19.3. The fraction of sp³-hybridized carbons (Fsp3) is 0.333. The minimum absolute atomic E-state index is 0.107. The average Bonchev–Trinajstić information content (AvgIpc) is 2.62. The number of alkyl halides is 4. The van der Waals surface area contributed by atoms with Crippen LogP contribution in [0.1, 0.15) is 19.4 Å². The van der Waals surface area contributed by atoms with Gasteiger partial charge in [0.15, 0.2) is 0 Å². The molecule has 0 bridgehead atoms. The lowest BCUT2D eigenvalue weighted by molar-refractivity contribution is -0.134. The number of nitrogens with zero attached hydrogens (tertiary/aromatic N) is 2. The van der Waals surface area contributed by atoms with E-state index in [4.69, 9.17) is 0 Å². The van der Waals surface area contributed by atoms with Crippen molar-refractivity contribution in [3.8, 4) is 11.1 Å². The van der Waals surface area contributed by atoms with Gasteiger partial charge in [-0.15, -0.1) is 4.91 Å². The summed E-state index contributed by atoms with van der Waals surface area (Å²) in [6.45, 7) is 4.64. The first-order valence-electron chi connectivity index (χ1n) is 7.84. The molecule has 0 N–H and O–H groups in total. The fourth-order valence-electron chi connectivity index (χ4n) is 2.70. The van der Waals surface area contributed by atoms with Crippen molar-refractivity contribution < 1.29 is 17.6 Å². The smallest absolute Gasteiger partial charge is 0.334 e. The summed E-state index contributed by atoms with van der Waals surface area (Å²) in [6.07, 6.45) is -3.94. The third-order valence-electron chi connectivity index (χ3n) is 4.03. The van der Waals surface area contributed by atoms with Gasteiger partial charge in [-0.05, 0) is 36.7 Å². The van der Waals surface area contributed by atoms with Crippen LogP contribution < -0.4 is 4.90 Å². The standard InChI is InChI=1S/C18H18F4N2O/c1-3-24(4-2)13-10-14(12-8-6-5-7-9-12)16(23-25)15(11-13)18(21,22)17(19)20/h5-11,17H,3-4H2,1-2H3. The number of anilines is 1. The van der Waals surface area contributed by atoms with Crippen molar-refractivity contribution >= 4 is 11.4 Å². The molecule has 134 valence electrons. The minimum Gasteiger partial charge on any atom is -0.372 e. The first-order valence-corrected chi connectivity index (χ1v) is 7.84. The van der Waals surface area contributed by atoms with E-state index >= 15 is 0 Å². The zero-order valence-electron chi connectivity index (χ0n) is 13.8. The van der Waals surface area contributed by atoms with E-state index in [0.29, 0.717) is 24.3 Å². The van der Waals surface area contributed by atoms with Crippen molar-refractivity contribution in [1.29, 1.82) is 0 Å². The normalized spacial score (nSPS) is 11.6. The maximum atomic E-state index is 14.1. The van der Waals surface area contributed by atoms with Crippen molar-refractivity contribution in [2.75, 3.05) is 18.0 Å². The zero-order chi connectivity index (χ0) is 18.6. The van der Waals surface area contributed by atoms with Gasteiger partial charge in [0.2, 0.25) is 0 Å². The predicted molar refractivity (Wildman–Crippen MR) is 90.8 cm³/mol. The quantitative estimate of drug-likeness (QED) is 0.454. The van der Waals surface area contributed by atoms with E-state index in [1.807, 2.05) is 13.8 Å². The first kappa shape index (κ1) is 18.9. The summed E-state index contributed by atoms with van der Waals surface area (Å²) in [5.74, 6) is -4.48. The molecule has 0 unspecified atom stereocenters. The molecule has 0 aliphatic rings. The topological polar surface area (TPSA) is 32.7 Å². The highest BCUT2D eigenvalue weighted by Gasteiger charge is 2.46. The maximum absolute atomic E-state index is 14.1. The van der Waals surface area contributed by atoms with Crippen molar-refractivity contribution in [1.82, 2.24) is 0 Å². The number of hydrogen-bond acceptors (Lipinski definition) is 3. The molecule has 2 aromatic carbocycles. The van der Waals surface area contributed by atoms with Gasteiger partial charge in [0.05, 0.1) is 5.56 Å². The van der Waals surface area contributed by atoms with E-state index in [1.165, 1.54) is 6.07 Å². The van der Waals surface area contributed by atoms with Crippen LogP contribution >= 0.6 is 0 Å². The molecule has 0 aromatic heterocycles. The van der Waals surface area contributed by atoms with Gasteiger partial charge in [0.1, 0.15) is 5.69 Å². The summed E-state index contributed by atoms with van der Waals surface area (Å²) >= 11 is 0. The molecule has 2 aromatic rings. The van der Waals surface area contributed by atoms with Gasteiger partial charge >= 0.3 is 12.3 Å². The molecule has 2 rings (SSSR count). The Bertz CT molecular complexity index is 731. The Morgan fingerprint density at radius 2 is 1.68 bits per heavy atom. The van der Waals surface area contributed by atoms with Gasteiger partial charge < -0.3 is 4.90 Å². The molecule has 0 saturated carbocycles. The van der Waals surface area contributed by atoms with Crippen molar-refractivity contribution in [2.45, 2.75) is 26.2 Å². The largest absolute Gasteiger partial charge is 0.372 e. The Morgan fingerprint density at radius 1 is 1.08 bits per heavy atom. The number of rotatable bonds is 7. The summed E-state index contributed by atoms with van der Waals surface area (Å²) < 4.78 is 54.1. The molecule has 0 radical (unpaired) electrons. The number of hydrogen-bond donors (Lipinski definition) is 0. The van der Waals surface area contributed by atoms with Crippen LogP contribution in [-0.4, -0.2) is 19.5 Å². The lowest BCUT2D eigenvalue weighted by Gasteiger charge is -2.25.